The summed E-state index contributed by atoms with van der Waals surface area (Å²) < 4.78 is 13.7. The molecule has 0 heterocycles. The summed E-state index contributed by atoms with van der Waals surface area (Å²) in [6.07, 6.45) is -2.25. The van der Waals surface area contributed by atoms with Crippen LogP contribution in [0.25, 0.3) is 0 Å². The Morgan fingerprint density at radius 2 is 1.73 bits per heavy atom. The minimum atomic E-state index is -1.16. The summed E-state index contributed by atoms with van der Waals surface area (Å²) in [5.74, 6) is -0.540. The first-order valence-electron chi connectivity index (χ1n) is 4.04. The minimum absolute atomic E-state index is 0.0998. The third-order valence-electron chi connectivity index (χ3n) is 1.86. The van der Waals surface area contributed by atoms with E-state index in [0.29, 0.717) is 14.5 Å². The first-order valence-corrected chi connectivity index (χ1v) is 6.16. The maximum absolute atomic E-state index is 12.9. The van der Waals surface area contributed by atoms with Crippen LogP contribution >= 0.6 is 43.5 Å². The lowest BCUT2D eigenvalue weighted by molar-refractivity contribution is 0.0318. The molecule has 1 aromatic carbocycles. The van der Waals surface area contributed by atoms with E-state index in [1.165, 1.54) is 12.1 Å². The number of aliphatic hydroxyl groups is 2. The molecule has 2 atom stereocenters. The van der Waals surface area contributed by atoms with Crippen LogP contribution in [0, 0.1) is 5.82 Å². The molecule has 0 aliphatic carbocycles. The summed E-state index contributed by atoms with van der Waals surface area (Å²) in [5.41, 5.74) is 0.379. The Morgan fingerprint density at radius 1 is 1.27 bits per heavy atom. The standard InChI is InChI=1S/C9H8Br2ClFO2/c10-5-1-4(13)2-6(11)8(5)9(15)7(14)3-12/h1-2,7,9,14-15H,3H2. The highest BCUT2D eigenvalue weighted by atomic mass is 79.9. The molecule has 0 amide bonds. The maximum Gasteiger partial charge on any atom is 0.125 e. The zero-order valence-corrected chi connectivity index (χ0v) is 11.4. The SMILES string of the molecule is OC(CCl)C(O)c1c(Br)cc(F)cc1Br. The second-order valence-corrected chi connectivity index (χ2v) is 4.97. The molecule has 2 nitrogen and oxygen atoms in total. The number of hydrogen-bond donors (Lipinski definition) is 2. The number of hydrogen-bond acceptors (Lipinski definition) is 2. The summed E-state index contributed by atoms with van der Waals surface area (Å²) in [6.45, 7) is 0. The van der Waals surface area contributed by atoms with Crippen molar-refractivity contribution in [2.75, 3.05) is 5.88 Å². The van der Waals surface area contributed by atoms with Gasteiger partial charge in [-0.05, 0) is 12.1 Å². The fourth-order valence-electron chi connectivity index (χ4n) is 1.11. The first-order chi connectivity index (χ1) is 6.97. The Balaban J connectivity index is 3.13. The Kier molecular flexibility index (Phi) is 4.99. The summed E-state index contributed by atoms with van der Waals surface area (Å²) >= 11 is 11.6. The maximum atomic E-state index is 12.9. The van der Waals surface area contributed by atoms with Crippen LogP contribution in [0.4, 0.5) is 4.39 Å². The summed E-state index contributed by atoms with van der Waals surface area (Å²) in [6, 6.07) is 2.43. The Hall–Kier alpha value is 0.320. The van der Waals surface area contributed by atoms with Crippen LogP contribution in [-0.4, -0.2) is 22.2 Å². The van der Waals surface area contributed by atoms with E-state index in [0.717, 1.165) is 0 Å². The summed E-state index contributed by atoms with van der Waals surface area (Å²) in [7, 11) is 0. The van der Waals surface area contributed by atoms with E-state index < -0.39 is 18.0 Å². The second kappa shape index (κ2) is 5.59. The smallest absolute Gasteiger partial charge is 0.125 e. The van der Waals surface area contributed by atoms with Crippen LogP contribution in [0.1, 0.15) is 11.7 Å². The zero-order chi connectivity index (χ0) is 11.6. The van der Waals surface area contributed by atoms with Gasteiger partial charge in [0.15, 0.2) is 0 Å². The fourth-order valence-corrected chi connectivity index (χ4v) is 2.88. The molecule has 15 heavy (non-hydrogen) atoms. The van der Waals surface area contributed by atoms with Gasteiger partial charge in [-0.2, -0.15) is 0 Å². The molecular weight excluding hydrogens is 354 g/mol. The second-order valence-electron chi connectivity index (χ2n) is 2.95. The number of aliphatic hydroxyl groups excluding tert-OH is 2. The number of alkyl halides is 1. The van der Waals surface area contributed by atoms with E-state index in [1.807, 2.05) is 0 Å². The van der Waals surface area contributed by atoms with Crippen LogP contribution in [0.3, 0.4) is 0 Å². The van der Waals surface area contributed by atoms with Gasteiger partial charge in [0.1, 0.15) is 11.9 Å². The van der Waals surface area contributed by atoms with Crippen LogP contribution in [-0.2, 0) is 0 Å². The Labute approximate surface area is 108 Å². The number of benzene rings is 1. The minimum Gasteiger partial charge on any atom is -0.389 e. The van der Waals surface area contributed by atoms with Gasteiger partial charge in [0.25, 0.3) is 0 Å². The van der Waals surface area contributed by atoms with Gasteiger partial charge in [-0.25, -0.2) is 4.39 Å². The fraction of sp³-hybridized carbons (Fsp3) is 0.333. The zero-order valence-electron chi connectivity index (χ0n) is 7.42. The number of halogens is 4. The molecule has 0 bridgehead atoms. The van der Waals surface area contributed by atoms with Crippen molar-refractivity contribution in [2.45, 2.75) is 12.2 Å². The van der Waals surface area contributed by atoms with E-state index in [9.17, 15) is 14.6 Å². The lowest BCUT2D eigenvalue weighted by Crippen LogP contribution is -2.20. The van der Waals surface area contributed by atoms with Gasteiger partial charge in [0.2, 0.25) is 0 Å². The molecule has 0 radical (unpaired) electrons. The predicted octanol–water partition coefficient (Wildman–Crippen LogP) is 2.98. The quantitative estimate of drug-likeness (QED) is 0.812. The molecule has 2 unspecified atom stereocenters. The van der Waals surface area contributed by atoms with Gasteiger partial charge in [0, 0.05) is 14.5 Å². The third kappa shape index (κ3) is 3.14. The monoisotopic (exact) mass is 360 g/mol. The molecule has 84 valence electrons. The van der Waals surface area contributed by atoms with Crippen molar-refractivity contribution in [1.82, 2.24) is 0 Å². The van der Waals surface area contributed by atoms with Gasteiger partial charge in [0.05, 0.1) is 12.0 Å². The highest BCUT2D eigenvalue weighted by Gasteiger charge is 2.22. The Morgan fingerprint density at radius 3 is 2.13 bits per heavy atom. The summed E-state index contributed by atoms with van der Waals surface area (Å²) in [5, 5.41) is 19.1. The van der Waals surface area contributed by atoms with Crippen molar-refractivity contribution in [3.8, 4) is 0 Å². The van der Waals surface area contributed by atoms with Crippen molar-refractivity contribution in [3.05, 3.63) is 32.5 Å². The summed E-state index contributed by atoms with van der Waals surface area (Å²) in [4.78, 5) is 0. The van der Waals surface area contributed by atoms with E-state index in [2.05, 4.69) is 31.9 Å². The largest absolute Gasteiger partial charge is 0.389 e. The molecule has 0 spiro atoms. The molecule has 0 aromatic heterocycles. The van der Waals surface area contributed by atoms with Crippen LogP contribution in [0.5, 0.6) is 0 Å². The first kappa shape index (κ1) is 13.4. The van der Waals surface area contributed by atoms with Crippen LogP contribution < -0.4 is 0 Å². The topological polar surface area (TPSA) is 40.5 Å². The van der Waals surface area contributed by atoms with E-state index in [-0.39, 0.29) is 5.88 Å². The predicted molar refractivity (Wildman–Crippen MR) is 63.5 cm³/mol. The van der Waals surface area contributed by atoms with Gasteiger partial charge >= 0.3 is 0 Å². The van der Waals surface area contributed by atoms with E-state index >= 15 is 0 Å². The van der Waals surface area contributed by atoms with Crippen molar-refractivity contribution in [2.24, 2.45) is 0 Å². The van der Waals surface area contributed by atoms with Gasteiger partial charge in [-0.3, -0.25) is 0 Å². The molecule has 1 aromatic rings. The third-order valence-corrected chi connectivity index (χ3v) is 3.49. The van der Waals surface area contributed by atoms with Crippen molar-refractivity contribution in [3.63, 3.8) is 0 Å². The van der Waals surface area contributed by atoms with E-state index in [4.69, 9.17) is 11.6 Å². The molecule has 0 aliphatic heterocycles. The van der Waals surface area contributed by atoms with Crippen molar-refractivity contribution >= 4 is 43.5 Å². The van der Waals surface area contributed by atoms with Gasteiger partial charge in [-0.15, -0.1) is 11.6 Å². The highest BCUT2D eigenvalue weighted by Crippen LogP contribution is 2.33. The van der Waals surface area contributed by atoms with Crippen molar-refractivity contribution < 1.29 is 14.6 Å². The molecule has 1 rings (SSSR count). The molecule has 0 saturated carbocycles. The van der Waals surface area contributed by atoms with Crippen LogP contribution in [0.2, 0.25) is 0 Å². The van der Waals surface area contributed by atoms with Gasteiger partial charge in [-0.1, -0.05) is 31.9 Å². The molecule has 2 N–H and O–H groups in total. The molecular formula is C9H8Br2ClFO2. The Bertz CT molecular complexity index is 339. The lowest BCUT2D eigenvalue weighted by Gasteiger charge is -2.18. The lowest BCUT2D eigenvalue weighted by atomic mass is 10.1. The van der Waals surface area contributed by atoms with Gasteiger partial charge < -0.3 is 10.2 Å². The van der Waals surface area contributed by atoms with Crippen LogP contribution in [0.15, 0.2) is 21.1 Å². The molecule has 6 heteroatoms. The average molecular weight is 362 g/mol. The highest BCUT2D eigenvalue weighted by molar-refractivity contribution is 9.11. The number of rotatable bonds is 3. The molecule has 0 aliphatic rings. The molecule has 0 saturated heterocycles. The normalized spacial score (nSPS) is 15.1. The molecule has 0 fully saturated rings. The average Bonchev–Trinajstić information content (AvgIpc) is 2.14. The van der Waals surface area contributed by atoms with E-state index in [1.54, 1.807) is 0 Å². The van der Waals surface area contributed by atoms with Crippen molar-refractivity contribution in [1.29, 1.82) is 0 Å².